The lowest BCUT2D eigenvalue weighted by atomic mass is 9.97. The summed E-state index contributed by atoms with van der Waals surface area (Å²) in [5.41, 5.74) is 1.88. The van der Waals surface area contributed by atoms with Gasteiger partial charge in [-0.25, -0.2) is 0 Å². The molecule has 0 bridgehead atoms. The molecule has 1 aliphatic heterocycles. The number of amides is 1. The topological polar surface area (TPSA) is 53.8 Å². The summed E-state index contributed by atoms with van der Waals surface area (Å²) in [6.07, 6.45) is 2.21. The Bertz CT molecular complexity index is 1370. The minimum absolute atomic E-state index is 0.138. The van der Waals surface area contributed by atoms with E-state index in [-0.39, 0.29) is 11.2 Å². The molecule has 0 spiro atoms. The maximum atomic E-state index is 12.5. The molecule has 1 fully saturated rings. The van der Waals surface area contributed by atoms with E-state index in [4.69, 9.17) is 0 Å². The van der Waals surface area contributed by atoms with Crippen LogP contribution in [0.1, 0.15) is 11.1 Å². The molecule has 34 heavy (non-hydrogen) atoms. The third-order valence-corrected chi connectivity index (χ3v) is 7.29. The number of hydrogen-bond donors (Lipinski definition) is 1. The molecule has 1 saturated heterocycles. The van der Waals surface area contributed by atoms with E-state index in [0.717, 1.165) is 32.7 Å². The number of nitrogens with one attached hydrogen (secondary N) is 1. The lowest BCUT2D eigenvalue weighted by Crippen LogP contribution is -2.25. The van der Waals surface area contributed by atoms with Gasteiger partial charge in [-0.05, 0) is 51.7 Å². The summed E-state index contributed by atoms with van der Waals surface area (Å²) in [5, 5.41) is 15.8. The van der Waals surface area contributed by atoms with E-state index >= 15 is 0 Å². The molecule has 0 saturated carbocycles. The maximum absolute atomic E-state index is 12.5. The Kier molecular flexibility index (Phi) is 6.60. The molecular weight excluding hydrogens is 472 g/mol. The van der Waals surface area contributed by atoms with Gasteiger partial charge in [-0.15, -0.1) is 5.10 Å². The molecule has 0 aliphatic carbocycles. The van der Waals surface area contributed by atoms with Gasteiger partial charge in [0.05, 0.1) is 11.5 Å². The van der Waals surface area contributed by atoms with E-state index in [1.54, 1.807) is 30.5 Å². The fourth-order valence-electron chi connectivity index (χ4n) is 3.93. The molecule has 4 aromatic rings. The summed E-state index contributed by atoms with van der Waals surface area (Å²) in [6.45, 7) is 0. The largest absolute Gasteiger partial charge is 0.303 e. The molecule has 4 aromatic carbocycles. The van der Waals surface area contributed by atoms with Crippen molar-refractivity contribution in [3.63, 3.8) is 0 Å². The van der Waals surface area contributed by atoms with Gasteiger partial charge < -0.3 is 5.32 Å². The Hall–Kier alpha value is -3.23. The number of rotatable bonds is 6. The highest BCUT2D eigenvalue weighted by Crippen LogP contribution is 2.29. The van der Waals surface area contributed by atoms with Gasteiger partial charge in [0.15, 0.2) is 5.17 Å². The van der Waals surface area contributed by atoms with Crippen molar-refractivity contribution in [1.29, 1.82) is 0 Å². The number of benzene rings is 4. The SMILES string of the molecule is O=C1N/C(=N\N=C\c2c3ccccc3cc3ccccc23)SC1Cc1ccc(SC(F)F)cc1. The van der Waals surface area contributed by atoms with Gasteiger partial charge in [-0.2, -0.15) is 13.9 Å². The lowest BCUT2D eigenvalue weighted by Gasteiger charge is -2.07. The Balaban J connectivity index is 1.33. The predicted octanol–water partition coefficient (Wildman–Crippen LogP) is 6.47. The average molecular weight is 492 g/mol. The minimum atomic E-state index is -2.45. The van der Waals surface area contributed by atoms with Crippen molar-refractivity contribution in [2.75, 3.05) is 0 Å². The molecule has 0 radical (unpaired) electrons. The zero-order chi connectivity index (χ0) is 23.5. The molecule has 1 N–H and O–H groups in total. The fraction of sp³-hybridized carbons (Fsp3) is 0.115. The van der Waals surface area contributed by atoms with E-state index in [0.29, 0.717) is 28.2 Å². The lowest BCUT2D eigenvalue weighted by molar-refractivity contribution is -0.118. The zero-order valence-corrected chi connectivity index (χ0v) is 19.5. The predicted molar refractivity (Wildman–Crippen MR) is 138 cm³/mol. The first-order valence-corrected chi connectivity index (χ1v) is 12.4. The first kappa shape index (κ1) is 22.6. The van der Waals surface area contributed by atoms with Crippen molar-refractivity contribution in [2.24, 2.45) is 10.2 Å². The Morgan fingerprint density at radius 1 is 0.971 bits per heavy atom. The first-order chi connectivity index (χ1) is 16.6. The molecule has 170 valence electrons. The zero-order valence-electron chi connectivity index (χ0n) is 17.8. The first-order valence-electron chi connectivity index (χ1n) is 10.6. The second-order valence-corrected chi connectivity index (χ2v) is 9.96. The third kappa shape index (κ3) is 4.98. The molecule has 0 aromatic heterocycles. The van der Waals surface area contributed by atoms with Crippen LogP contribution in [0.5, 0.6) is 0 Å². The maximum Gasteiger partial charge on any atom is 0.288 e. The molecular formula is C26H19F2N3OS2. The number of halogens is 2. The average Bonchev–Trinajstić information content (AvgIpc) is 3.18. The highest BCUT2D eigenvalue weighted by atomic mass is 32.2. The molecule has 8 heteroatoms. The number of hydrogen-bond acceptors (Lipinski definition) is 5. The van der Waals surface area contributed by atoms with Crippen LogP contribution in [0.2, 0.25) is 0 Å². The number of thioether (sulfide) groups is 2. The van der Waals surface area contributed by atoms with E-state index in [1.165, 1.54) is 11.8 Å². The fourth-order valence-corrected chi connectivity index (χ4v) is 5.40. The van der Waals surface area contributed by atoms with Gasteiger partial charge in [-0.3, -0.25) is 4.79 Å². The normalized spacial score (nSPS) is 17.4. The van der Waals surface area contributed by atoms with Crippen LogP contribution in [0.4, 0.5) is 8.78 Å². The Morgan fingerprint density at radius 2 is 1.62 bits per heavy atom. The van der Waals surface area contributed by atoms with Crippen LogP contribution in [0.25, 0.3) is 21.5 Å². The quantitative estimate of drug-likeness (QED) is 0.146. The molecule has 1 atom stereocenters. The van der Waals surface area contributed by atoms with Gasteiger partial charge >= 0.3 is 0 Å². The number of fused-ring (bicyclic) bond motifs is 2. The van der Waals surface area contributed by atoms with Crippen LogP contribution in [-0.4, -0.2) is 28.3 Å². The van der Waals surface area contributed by atoms with Crippen molar-refractivity contribution < 1.29 is 13.6 Å². The number of amidine groups is 1. The van der Waals surface area contributed by atoms with Crippen LogP contribution >= 0.6 is 23.5 Å². The minimum Gasteiger partial charge on any atom is -0.303 e. The van der Waals surface area contributed by atoms with Crippen molar-refractivity contribution >= 4 is 62.4 Å². The summed E-state index contributed by atoms with van der Waals surface area (Å²) in [4.78, 5) is 12.9. The number of alkyl halides is 2. The Labute approximate surface area is 203 Å². The standard InChI is InChI=1S/C26H19F2N3OS2/c27-25(28)33-19-11-9-16(10-12-19)13-23-24(32)30-26(34-23)31-29-15-22-20-7-3-1-5-17(20)14-18-6-2-4-8-21(18)22/h1-12,14-15,23,25H,13H2,(H,30,31,32)/b29-15+. The van der Waals surface area contributed by atoms with Gasteiger partial charge in [0.25, 0.3) is 5.76 Å². The van der Waals surface area contributed by atoms with Crippen LogP contribution in [0.3, 0.4) is 0 Å². The number of carbonyl (C=O) groups is 1. The molecule has 1 aliphatic rings. The van der Waals surface area contributed by atoms with Crippen LogP contribution in [-0.2, 0) is 11.2 Å². The summed E-state index contributed by atoms with van der Waals surface area (Å²) in [6, 6.07) is 25.3. The molecule has 1 unspecified atom stereocenters. The van der Waals surface area contributed by atoms with Crippen molar-refractivity contribution in [3.8, 4) is 0 Å². The van der Waals surface area contributed by atoms with Crippen molar-refractivity contribution in [1.82, 2.24) is 5.32 Å². The molecule has 5 rings (SSSR count). The highest BCUT2D eigenvalue weighted by molar-refractivity contribution is 8.15. The second-order valence-electron chi connectivity index (χ2n) is 7.70. The smallest absolute Gasteiger partial charge is 0.288 e. The Morgan fingerprint density at radius 3 is 2.26 bits per heavy atom. The van der Waals surface area contributed by atoms with Gasteiger partial charge in [-0.1, -0.05) is 84.2 Å². The highest BCUT2D eigenvalue weighted by Gasteiger charge is 2.30. The van der Waals surface area contributed by atoms with E-state index < -0.39 is 5.76 Å². The van der Waals surface area contributed by atoms with E-state index in [1.807, 2.05) is 24.3 Å². The summed E-state index contributed by atoms with van der Waals surface area (Å²) in [7, 11) is 0. The monoisotopic (exact) mass is 491 g/mol. The molecule has 1 amide bonds. The number of carbonyl (C=O) groups excluding carboxylic acids is 1. The molecule has 4 nitrogen and oxygen atoms in total. The van der Waals surface area contributed by atoms with Crippen LogP contribution < -0.4 is 5.32 Å². The van der Waals surface area contributed by atoms with E-state index in [9.17, 15) is 13.6 Å². The van der Waals surface area contributed by atoms with Crippen molar-refractivity contribution in [2.45, 2.75) is 22.3 Å². The number of nitrogens with zero attached hydrogens (tertiary/aromatic N) is 2. The molecule has 1 heterocycles. The van der Waals surface area contributed by atoms with Gasteiger partial charge in [0.2, 0.25) is 5.91 Å². The van der Waals surface area contributed by atoms with Gasteiger partial charge in [0, 0.05) is 10.5 Å². The van der Waals surface area contributed by atoms with Gasteiger partial charge in [0.1, 0.15) is 0 Å². The van der Waals surface area contributed by atoms with E-state index in [2.05, 4.69) is 45.9 Å². The third-order valence-electron chi connectivity index (χ3n) is 5.49. The second kappa shape index (κ2) is 9.95. The van der Waals surface area contributed by atoms with Crippen molar-refractivity contribution in [3.05, 3.63) is 90.0 Å². The summed E-state index contributed by atoms with van der Waals surface area (Å²) in [5.74, 6) is -2.59. The van der Waals surface area contributed by atoms with Crippen LogP contribution in [0.15, 0.2) is 94.0 Å². The summed E-state index contributed by atoms with van der Waals surface area (Å²) < 4.78 is 25.0. The van der Waals surface area contributed by atoms with Crippen LogP contribution in [0, 0.1) is 0 Å². The summed E-state index contributed by atoms with van der Waals surface area (Å²) >= 11 is 1.83.